The number of hydrogen-bond acceptors (Lipinski definition) is 6. The van der Waals surface area contributed by atoms with Gasteiger partial charge in [0.2, 0.25) is 5.91 Å². The Bertz CT molecular complexity index is 1130. The van der Waals surface area contributed by atoms with Crippen molar-refractivity contribution < 1.29 is 9.90 Å². The maximum atomic E-state index is 13.2. The predicted octanol–water partition coefficient (Wildman–Crippen LogP) is 5.84. The van der Waals surface area contributed by atoms with Crippen LogP contribution in [0.2, 0.25) is 0 Å². The molecule has 0 aliphatic heterocycles. The number of nitrogens with one attached hydrogen (secondary N) is 2. The van der Waals surface area contributed by atoms with E-state index >= 15 is 0 Å². The van der Waals surface area contributed by atoms with Gasteiger partial charge in [0, 0.05) is 30.4 Å². The number of amides is 1. The van der Waals surface area contributed by atoms with Crippen molar-refractivity contribution in [3.8, 4) is 5.75 Å². The van der Waals surface area contributed by atoms with Crippen LogP contribution in [-0.2, 0) is 17.6 Å². The molecule has 1 amide bonds. The third-order valence-electron chi connectivity index (χ3n) is 7.21. The number of hydrogen-bond donors (Lipinski definition) is 3. The number of carbonyl (C=O) groups excluding carboxylic acids is 1. The van der Waals surface area contributed by atoms with Crippen LogP contribution in [0.4, 0.5) is 0 Å². The van der Waals surface area contributed by atoms with Crippen molar-refractivity contribution in [3.63, 3.8) is 0 Å². The summed E-state index contributed by atoms with van der Waals surface area (Å²) in [4.78, 5) is 31.2. The van der Waals surface area contributed by atoms with Crippen molar-refractivity contribution in [2.24, 2.45) is 0 Å². The molecule has 1 aromatic carbocycles. The minimum Gasteiger partial charge on any atom is -0.506 e. The summed E-state index contributed by atoms with van der Waals surface area (Å²) in [6.45, 7) is 2.49. The number of phenols is 1. The molecular formula is C28H39N3O3S2. The minimum absolute atomic E-state index is 0.130. The smallest absolute Gasteiger partial charge is 0.305 e. The highest BCUT2D eigenvalue weighted by Crippen LogP contribution is 2.29. The monoisotopic (exact) mass is 529 g/mol. The van der Waals surface area contributed by atoms with Crippen molar-refractivity contribution in [1.29, 1.82) is 0 Å². The van der Waals surface area contributed by atoms with Crippen LogP contribution in [0.5, 0.6) is 5.75 Å². The summed E-state index contributed by atoms with van der Waals surface area (Å²) in [5.41, 5.74) is 1.66. The molecule has 8 heteroatoms. The highest BCUT2D eigenvalue weighted by atomic mass is 32.1. The molecule has 6 nitrogen and oxygen atoms in total. The van der Waals surface area contributed by atoms with Gasteiger partial charge in [-0.15, -0.1) is 11.3 Å². The molecule has 36 heavy (non-hydrogen) atoms. The fourth-order valence-corrected chi connectivity index (χ4v) is 6.86. The number of benzene rings is 1. The van der Waals surface area contributed by atoms with Crippen molar-refractivity contribution >= 4 is 38.8 Å². The molecule has 1 saturated carbocycles. The van der Waals surface area contributed by atoms with Crippen molar-refractivity contribution in [2.45, 2.75) is 83.1 Å². The lowest BCUT2D eigenvalue weighted by molar-refractivity contribution is -0.133. The highest BCUT2D eigenvalue weighted by molar-refractivity contribution is 7.16. The molecule has 196 valence electrons. The number of rotatable bonds is 13. The third kappa shape index (κ3) is 7.67. The number of aryl methyl sites for hydroxylation is 1. The molecule has 1 aliphatic carbocycles. The number of thiazole rings is 1. The van der Waals surface area contributed by atoms with Gasteiger partial charge in [-0.05, 0) is 68.1 Å². The van der Waals surface area contributed by atoms with E-state index in [2.05, 4.69) is 32.7 Å². The van der Waals surface area contributed by atoms with Crippen LogP contribution >= 0.6 is 22.7 Å². The zero-order valence-electron chi connectivity index (χ0n) is 21.1. The first-order chi connectivity index (χ1) is 17.6. The largest absolute Gasteiger partial charge is 0.506 e. The Morgan fingerprint density at radius 3 is 2.67 bits per heavy atom. The third-order valence-corrected chi connectivity index (χ3v) is 9.11. The van der Waals surface area contributed by atoms with E-state index < -0.39 is 0 Å². The summed E-state index contributed by atoms with van der Waals surface area (Å²) < 4.78 is 0.863. The lowest BCUT2D eigenvalue weighted by atomic mass is 10.0. The van der Waals surface area contributed by atoms with Gasteiger partial charge in [0.25, 0.3) is 0 Å². The van der Waals surface area contributed by atoms with Gasteiger partial charge in [-0.3, -0.25) is 9.59 Å². The number of aromatic hydroxyl groups is 1. The topological polar surface area (TPSA) is 85.4 Å². The minimum atomic E-state index is -0.133. The average molecular weight is 530 g/mol. The zero-order chi connectivity index (χ0) is 25.2. The van der Waals surface area contributed by atoms with Gasteiger partial charge in [0.15, 0.2) is 0 Å². The lowest BCUT2D eigenvalue weighted by Gasteiger charge is -2.31. The predicted molar refractivity (Wildman–Crippen MR) is 150 cm³/mol. The molecule has 0 bridgehead atoms. The first kappa shape index (κ1) is 26.9. The molecule has 3 aromatic rings. The number of unbranched alkanes of at least 4 members (excludes halogenated alkanes) is 2. The maximum Gasteiger partial charge on any atom is 0.305 e. The lowest BCUT2D eigenvalue weighted by Crippen LogP contribution is -2.42. The quantitative estimate of drug-likeness (QED) is 0.192. The Morgan fingerprint density at radius 2 is 1.89 bits per heavy atom. The van der Waals surface area contributed by atoms with E-state index in [1.165, 1.54) is 41.9 Å². The summed E-state index contributed by atoms with van der Waals surface area (Å²) in [5, 5.41) is 15.6. The summed E-state index contributed by atoms with van der Waals surface area (Å²) in [5.74, 6) is 0.425. The van der Waals surface area contributed by atoms with Gasteiger partial charge < -0.3 is 20.3 Å². The Balaban J connectivity index is 1.24. The number of aromatic nitrogens is 1. The molecule has 1 aliphatic rings. The van der Waals surface area contributed by atoms with Gasteiger partial charge in [-0.25, -0.2) is 0 Å². The fourth-order valence-electron chi connectivity index (χ4n) is 5.26. The Labute approximate surface area is 221 Å². The van der Waals surface area contributed by atoms with Crippen molar-refractivity contribution in [1.82, 2.24) is 15.2 Å². The molecule has 1 fully saturated rings. The first-order valence-corrected chi connectivity index (χ1v) is 15.2. The van der Waals surface area contributed by atoms with Crippen LogP contribution < -0.4 is 10.2 Å². The van der Waals surface area contributed by atoms with E-state index in [4.69, 9.17) is 0 Å². The van der Waals surface area contributed by atoms with E-state index in [-0.39, 0.29) is 10.6 Å². The molecule has 4 rings (SSSR count). The summed E-state index contributed by atoms with van der Waals surface area (Å²) in [7, 11) is 0. The fraction of sp³-hybridized carbons (Fsp3) is 0.571. The van der Waals surface area contributed by atoms with Crippen molar-refractivity contribution in [2.75, 3.05) is 19.6 Å². The molecule has 0 spiro atoms. The summed E-state index contributed by atoms with van der Waals surface area (Å²) in [6, 6.07) is 8.23. The van der Waals surface area contributed by atoms with E-state index in [1.807, 2.05) is 6.07 Å². The van der Waals surface area contributed by atoms with Crippen LogP contribution in [0.15, 0.2) is 34.4 Å². The molecule has 0 saturated heterocycles. The Morgan fingerprint density at radius 1 is 1.06 bits per heavy atom. The number of H-pyrrole nitrogens is 1. The van der Waals surface area contributed by atoms with Crippen LogP contribution in [0.25, 0.3) is 10.2 Å². The first-order valence-electron chi connectivity index (χ1n) is 13.5. The summed E-state index contributed by atoms with van der Waals surface area (Å²) >= 11 is 2.95. The second kappa shape index (κ2) is 14.0. The molecule has 0 radical (unpaired) electrons. The molecule has 2 heterocycles. The Hall–Kier alpha value is -2.16. The maximum absolute atomic E-state index is 13.2. The highest BCUT2D eigenvalue weighted by Gasteiger charge is 2.24. The van der Waals surface area contributed by atoms with Gasteiger partial charge in [-0.2, -0.15) is 0 Å². The zero-order valence-corrected chi connectivity index (χ0v) is 22.7. The van der Waals surface area contributed by atoms with Crippen LogP contribution in [0, 0.1) is 0 Å². The second-order valence-corrected chi connectivity index (χ2v) is 11.9. The van der Waals surface area contributed by atoms with E-state index in [0.29, 0.717) is 23.9 Å². The number of thiophene rings is 1. The molecule has 0 atom stereocenters. The second-order valence-electron chi connectivity index (χ2n) is 9.83. The molecule has 0 unspecified atom stereocenters. The number of fused-ring (bicyclic) bond motifs is 1. The molecular weight excluding hydrogens is 490 g/mol. The van der Waals surface area contributed by atoms with Gasteiger partial charge in [0.1, 0.15) is 11.3 Å². The van der Waals surface area contributed by atoms with Crippen LogP contribution in [0.1, 0.15) is 74.6 Å². The van der Waals surface area contributed by atoms with Gasteiger partial charge in [-0.1, -0.05) is 55.6 Å². The van der Waals surface area contributed by atoms with Gasteiger partial charge in [0.05, 0.1) is 4.70 Å². The number of carbonyl (C=O) groups is 1. The van der Waals surface area contributed by atoms with Gasteiger partial charge >= 0.3 is 4.87 Å². The number of aromatic amines is 1. The van der Waals surface area contributed by atoms with E-state index in [9.17, 15) is 14.7 Å². The Kier molecular flexibility index (Phi) is 10.4. The SMILES string of the molecule is O=C(CCNCCc1cccs1)N(CCCCCc1ccc(O)c2[nH]c(=O)sc12)C1CCCCCC1. The standard InChI is InChI=1S/C28H39N3O3S2/c32-24-14-13-21(27-26(24)30-28(34)36-27)9-4-3-7-19-31(22-10-5-1-2-6-11-22)25(33)16-18-29-17-15-23-12-8-20-35-23/h8,12-14,20,22,29,32H,1-7,9-11,15-19H2,(H,30,34). The van der Waals surface area contributed by atoms with Crippen LogP contribution in [-0.4, -0.2) is 46.6 Å². The number of nitrogens with zero attached hydrogens (tertiary/aromatic N) is 1. The summed E-state index contributed by atoms with van der Waals surface area (Å²) in [6.07, 6.45) is 12.8. The van der Waals surface area contributed by atoms with Crippen molar-refractivity contribution in [3.05, 3.63) is 49.8 Å². The normalized spacial score (nSPS) is 14.8. The molecule has 2 aromatic heterocycles. The van der Waals surface area contributed by atoms with E-state index in [0.717, 1.165) is 74.8 Å². The molecule has 3 N–H and O–H groups in total. The van der Waals surface area contributed by atoms with Crippen LogP contribution in [0.3, 0.4) is 0 Å². The van der Waals surface area contributed by atoms with E-state index in [1.54, 1.807) is 17.4 Å². The number of phenolic OH excluding ortho intramolecular Hbond substituents is 1. The average Bonchev–Trinajstić information content (AvgIpc) is 3.45.